The summed E-state index contributed by atoms with van der Waals surface area (Å²) in [6.07, 6.45) is 6.31. The number of aromatic amines is 1. The summed E-state index contributed by atoms with van der Waals surface area (Å²) in [5, 5.41) is 4.55. The van der Waals surface area contributed by atoms with Crippen LogP contribution < -0.4 is 15.0 Å². The molecule has 0 unspecified atom stereocenters. The molecule has 8 heteroatoms. The van der Waals surface area contributed by atoms with Crippen molar-refractivity contribution in [1.29, 1.82) is 0 Å². The zero-order valence-corrected chi connectivity index (χ0v) is 22.6. The van der Waals surface area contributed by atoms with Crippen molar-refractivity contribution >= 4 is 28.2 Å². The van der Waals surface area contributed by atoms with Gasteiger partial charge in [0.05, 0.1) is 18.5 Å². The summed E-state index contributed by atoms with van der Waals surface area (Å²) < 4.78 is 5.80. The highest BCUT2D eigenvalue weighted by Gasteiger charge is 2.27. The highest BCUT2D eigenvalue weighted by molar-refractivity contribution is 5.95. The second-order valence-electron chi connectivity index (χ2n) is 10.5. The minimum Gasteiger partial charge on any atom is -0.494 e. The van der Waals surface area contributed by atoms with Crippen molar-refractivity contribution in [3.05, 3.63) is 60.4 Å². The third-order valence-electron chi connectivity index (χ3n) is 8.13. The molecule has 8 nitrogen and oxygen atoms in total. The first-order valence-corrected chi connectivity index (χ1v) is 13.6. The maximum absolute atomic E-state index is 5.80. The highest BCUT2D eigenvalue weighted by Crippen LogP contribution is 2.34. The van der Waals surface area contributed by atoms with Gasteiger partial charge in [0.15, 0.2) is 0 Å². The van der Waals surface area contributed by atoms with E-state index >= 15 is 0 Å². The number of methoxy groups -OCH3 is 1. The summed E-state index contributed by atoms with van der Waals surface area (Å²) in [4.78, 5) is 20.4. The number of piperazine rings is 1. The molecule has 2 fully saturated rings. The van der Waals surface area contributed by atoms with E-state index in [0.717, 1.165) is 52.3 Å². The Hall–Kier alpha value is -3.62. The van der Waals surface area contributed by atoms with E-state index < -0.39 is 0 Å². The predicted molar refractivity (Wildman–Crippen MR) is 155 cm³/mol. The third kappa shape index (κ3) is 4.93. The van der Waals surface area contributed by atoms with Crippen LogP contribution in [-0.2, 0) is 0 Å². The number of H-pyrrole nitrogens is 1. The van der Waals surface area contributed by atoms with Crippen molar-refractivity contribution in [3.8, 4) is 17.0 Å². The molecule has 0 aliphatic carbocycles. The fraction of sp³-hybridized carbons (Fsp3) is 0.400. The molecule has 38 heavy (non-hydrogen) atoms. The SMILES string of the molecule is COc1cc(N2CCC(N3CCN(C)CC3)CC2)ccc1Nc1ncc(C)c(-c2c[nH]c3ccccc23)n1. The number of aryl methyl sites for hydroxylation is 1. The summed E-state index contributed by atoms with van der Waals surface area (Å²) in [7, 11) is 3.94. The van der Waals surface area contributed by atoms with Crippen LogP contribution in [0.2, 0.25) is 0 Å². The summed E-state index contributed by atoms with van der Waals surface area (Å²) in [5.74, 6) is 1.34. The van der Waals surface area contributed by atoms with Gasteiger partial charge >= 0.3 is 0 Å². The van der Waals surface area contributed by atoms with Crippen molar-refractivity contribution in [3.63, 3.8) is 0 Å². The summed E-state index contributed by atoms with van der Waals surface area (Å²) >= 11 is 0. The Morgan fingerprint density at radius 2 is 1.79 bits per heavy atom. The van der Waals surface area contributed by atoms with E-state index in [4.69, 9.17) is 9.72 Å². The first-order valence-electron chi connectivity index (χ1n) is 13.6. The molecule has 0 radical (unpaired) electrons. The Labute approximate surface area is 224 Å². The van der Waals surface area contributed by atoms with Gasteiger partial charge in [-0.3, -0.25) is 4.90 Å². The van der Waals surface area contributed by atoms with E-state index in [9.17, 15) is 0 Å². The fourth-order valence-corrected chi connectivity index (χ4v) is 5.82. The fourth-order valence-electron chi connectivity index (χ4n) is 5.82. The van der Waals surface area contributed by atoms with Gasteiger partial charge in [-0.2, -0.15) is 0 Å². The monoisotopic (exact) mass is 511 g/mol. The maximum Gasteiger partial charge on any atom is 0.227 e. The number of nitrogens with zero attached hydrogens (tertiary/aromatic N) is 5. The number of ether oxygens (including phenoxy) is 1. The van der Waals surface area contributed by atoms with Crippen LogP contribution in [-0.4, -0.2) is 84.2 Å². The van der Waals surface area contributed by atoms with Gasteiger partial charge in [-0.15, -0.1) is 0 Å². The van der Waals surface area contributed by atoms with Crippen molar-refractivity contribution < 1.29 is 4.74 Å². The Bertz CT molecular complexity index is 1400. The average Bonchev–Trinajstić information content (AvgIpc) is 3.39. The van der Waals surface area contributed by atoms with E-state index in [1.54, 1.807) is 7.11 Å². The minimum atomic E-state index is 0.551. The smallest absolute Gasteiger partial charge is 0.227 e. The molecule has 0 saturated carbocycles. The lowest BCUT2D eigenvalue weighted by Crippen LogP contribution is -2.52. The van der Waals surface area contributed by atoms with Crippen molar-refractivity contribution in [2.45, 2.75) is 25.8 Å². The van der Waals surface area contributed by atoms with Gasteiger partial charge in [-0.05, 0) is 50.6 Å². The number of rotatable bonds is 6. The average molecular weight is 512 g/mol. The molecule has 0 atom stereocenters. The zero-order chi connectivity index (χ0) is 26.1. The Morgan fingerprint density at radius 3 is 2.58 bits per heavy atom. The van der Waals surface area contributed by atoms with E-state index in [1.807, 2.05) is 25.4 Å². The van der Waals surface area contributed by atoms with Gasteiger partial charge in [-0.25, -0.2) is 9.97 Å². The first kappa shape index (κ1) is 24.7. The summed E-state index contributed by atoms with van der Waals surface area (Å²) in [6, 6.07) is 15.4. The molecular weight excluding hydrogens is 474 g/mol. The number of para-hydroxylation sites is 1. The lowest BCUT2D eigenvalue weighted by atomic mass is 10.0. The molecule has 6 rings (SSSR count). The molecule has 2 N–H and O–H groups in total. The van der Waals surface area contributed by atoms with Gasteiger partial charge < -0.3 is 24.8 Å². The Morgan fingerprint density at radius 1 is 1.00 bits per heavy atom. The predicted octanol–water partition coefficient (Wildman–Crippen LogP) is 4.90. The number of likely N-dealkylation sites (N-methyl/N-ethyl adjacent to an activating group) is 1. The lowest BCUT2D eigenvalue weighted by molar-refractivity contribution is 0.0982. The maximum atomic E-state index is 5.80. The molecule has 2 aliphatic rings. The quantitative estimate of drug-likeness (QED) is 0.381. The van der Waals surface area contributed by atoms with E-state index in [1.165, 1.54) is 44.7 Å². The molecule has 0 amide bonds. The van der Waals surface area contributed by atoms with Crippen LogP contribution in [0, 0.1) is 6.92 Å². The molecule has 2 aromatic heterocycles. The molecule has 4 aromatic rings. The van der Waals surface area contributed by atoms with Crippen molar-refractivity contribution in [2.75, 3.05) is 63.6 Å². The van der Waals surface area contributed by atoms with Crippen LogP contribution in [0.5, 0.6) is 5.75 Å². The third-order valence-corrected chi connectivity index (χ3v) is 8.13. The lowest BCUT2D eigenvalue weighted by Gasteiger charge is -2.42. The van der Waals surface area contributed by atoms with Crippen LogP contribution in [0.3, 0.4) is 0 Å². The van der Waals surface area contributed by atoms with Gasteiger partial charge in [-0.1, -0.05) is 18.2 Å². The van der Waals surface area contributed by atoms with Crippen LogP contribution in [0.4, 0.5) is 17.3 Å². The first-order chi connectivity index (χ1) is 18.6. The van der Waals surface area contributed by atoms with Gasteiger partial charge in [0.25, 0.3) is 0 Å². The minimum absolute atomic E-state index is 0.551. The van der Waals surface area contributed by atoms with Gasteiger partial charge in [0, 0.05) is 85.9 Å². The second kappa shape index (κ2) is 10.6. The second-order valence-corrected chi connectivity index (χ2v) is 10.5. The zero-order valence-electron chi connectivity index (χ0n) is 22.6. The number of benzene rings is 2. The van der Waals surface area contributed by atoms with Gasteiger partial charge in [0.2, 0.25) is 5.95 Å². The van der Waals surface area contributed by atoms with Crippen molar-refractivity contribution in [2.24, 2.45) is 0 Å². The Balaban J connectivity index is 1.17. The van der Waals surface area contributed by atoms with Gasteiger partial charge in [0.1, 0.15) is 5.75 Å². The molecule has 2 saturated heterocycles. The number of aromatic nitrogens is 3. The van der Waals surface area contributed by atoms with E-state index in [-0.39, 0.29) is 0 Å². The van der Waals surface area contributed by atoms with E-state index in [0.29, 0.717) is 12.0 Å². The number of hydrogen-bond donors (Lipinski definition) is 2. The molecule has 2 aliphatic heterocycles. The molecule has 198 valence electrons. The number of nitrogens with one attached hydrogen (secondary N) is 2. The largest absolute Gasteiger partial charge is 0.494 e. The topological polar surface area (TPSA) is 72.6 Å². The highest BCUT2D eigenvalue weighted by atomic mass is 16.5. The molecule has 0 spiro atoms. The summed E-state index contributed by atoms with van der Waals surface area (Å²) in [5.41, 5.74) is 6.18. The molecular formula is C30H37N7O. The van der Waals surface area contributed by atoms with Crippen LogP contribution in [0.25, 0.3) is 22.2 Å². The van der Waals surface area contributed by atoms with Crippen LogP contribution in [0.1, 0.15) is 18.4 Å². The van der Waals surface area contributed by atoms with E-state index in [2.05, 4.69) is 73.4 Å². The molecule has 0 bridgehead atoms. The molecule has 4 heterocycles. The molecule has 2 aromatic carbocycles. The standard InChI is InChI=1S/C30H37N7O/c1-21-19-32-30(34-29(21)25-20-31-26-7-5-4-6-24(25)26)33-27-9-8-23(18-28(27)38-3)36-12-10-22(11-13-36)37-16-14-35(2)15-17-37/h4-9,18-20,22,31H,10-17H2,1-3H3,(H,32,33,34). The van der Waals surface area contributed by atoms with Crippen molar-refractivity contribution in [1.82, 2.24) is 24.8 Å². The number of piperidine rings is 1. The van der Waals surface area contributed by atoms with Crippen LogP contribution >= 0.6 is 0 Å². The Kier molecular flexibility index (Phi) is 6.91. The number of anilines is 3. The normalized spacial score (nSPS) is 17.7. The number of fused-ring (bicyclic) bond motifs is 1. The number of hydrogen-bond acceptors (Lipinski definition) is 7. The van der Waals surface area contributed by atoms with Crippen LogP contribution in [0.15, 0.2) is 54.9 Å². The summed E-state index contributed by atoms with van der Waals surface area (Å²) in [6.45, 7) is 8.93.